The molecule has 2 N–H and O–H groups in total. The van der Waals surface area contributed by atoms with Crippen molar-refractivity contribution in [2.75, 3.05) is 31.2 Å². The van der Waals surface area contributed by atoms with Crippen molar-refractivity contribution in [2.24, 2.45) is 5.73 Å². The van der Waals surface area contributed by atoms with E-state index in [1.165, 1.54) is 11.3 Å². The number of hydrogen-bond donors (Lipinski definition) is 1. The summed E-state index contributed by atoms with van der Waals surface area (Å²) >= 11 is 0. The van der Waals surface area contributed by atoms with Gasteiger partial charge in [0.2, 0.25) is 0 Å². The average molecular weight is 250 g/mol. The number of ether oxygens (including phenoxy) is 1. The molecule has 0 amide bonds. The highest BCUT2D eigenvalue weighted by Gasteiger charge is 2.06. The SMILES string of the molecule is CCOCCN(CC)c1ccc(C(N)CC)cc1. The molecule has 0 aliphatic rings. The first-order chi connectivity index (χ1) is 8.72. The maximum Gasteiger partial charge on any atom is 0.0641 e. The third kappa shape index (κ3) is 4.31. The Balaban J connectivity index is 2.63. The Morgan fingerprint density at radius 2 is 1.83 bits per heavy atom. The van der Waals surface area contributed by atoms with Crippen LogP contribution in [0.15, 0.2) is 24.3 Å². The lowest BCUT2D eigenvalue weighted by Gasteiger charge is -2.23. The lowest BCUT2D eigenvalue weighted by molar-refractivity contribution is 0.154. The summed E-state index contributed by atoms with van der Waals surface area (Å²) in [6.45, 7) is 9.78. The first-order valence-corrected chi connectivity index (χ1v) is 6.91. The Bertz CT molecular complexity index is 324. The number of benzene rings is 1. The van der Waals surface area contributed by atoms with Crippen LogP contribution in [0.25, 0.3) is 0 Å². The monoisotopic (exact) mass is 250 g/mol. The van der Waals surface area contributed by atoms with Gasteiger partial charge in [-0.25, -0.2) is 0 Å². The molecule has 0 aromatic heterocycles. The van der Waals surface area contributed by atoms with Crippen LogP contribution >= 0.6 is 0 Å². The van der Waals surface area contributed by atoms with Gasteiger partial charge >= 0.3 is 0 Å². The predicted molar refractivity (Wildman–Crippen MR) is 78.0 cm³/mol. The molecule has 1 aromatic carbocycles. The van der Waals surface area contributed by atoms with Gasteiger partial charge in [-0.1, -0.05) is 19.1 Å². The fraction of sp³-hybridized carbons (Fsp3) is 0.600. The molecule has 0 spiro atoms. The van der Waals surface area contributed by atoms with Gasteiger partial charge in [-0.3, -0.25) is 0 Å². The molecule has 1 aromatic rings. The first-order valence-electron chi connectivity index (χ1n) is 6.91. The molecule has 3 heteroatoms. The fourth-order valence-electron chi connectivity index (χ4n) is 1.96. The molecule has 0 fully saturated rings. The van der Waals surface area contributed by atoms with Crippen molar-refractivity contribution < 1.29 is 4.74 Å². The summed E-state index contributed by atoms with van der Waals surface area (Å²) in [4.78, 5) is 2.32. The second-order valence-corrected chi connectivity index (χ2v) is 4.38. The second kappa shape index (κ2) is 8.11. The summed E-state index contributed by atoms with van der Waals surface area (Å²) < 4.78 is 5.40. The highest BCUT2D eigenvalue weighted by molar-refractivity contribution is 5.47. The first kappa shape index (κ1) is 15.0. The van der Waals surface area contributed by atoms with Crippen LogP contribution in [0, 0.1) is 0 Å². The van der Waals surface area contributed by atoms with E-state index in [4.69, 9.17) is 10.5 Å². The standard InChI is InChI=1S/C15H26N2O/c1-4-15(16)13-7-9-14(10-8-13)17(5-2)11-12-18-6-3/h7-10,15H,4-6,11-12,16H2,1-3H3. The molecule has 0 saturated carbocycles. The van der Waals surface area contributed by atoms with Crippen molar-refractivity contribution >= 4 is 5.69 Å². The molecule has 3 nitrogen and oxygen atoms in total. The summed E-state index contributed by atoms with van der Waals surface area (Å²) in [5, 5.41) is 0. The number of nitrogens with two attached hydrogens (primary N) is 1. The fourth-order valence-corrected chi connectivity index (χ4v) is 1.96. The van der Waals surface area contributed by atoms with E-state index in [1.807, 2.05) is 6.92 Å². The number of rotatable bonds is 8. The molecule has 0 bridgehead atoms. The molecular weight excluding hydrogens is 224 g/mol. The summed E-state index contributed by atoms with van der Waals surface area (Å²) in [7, 11) is 0. The Kier molecular flexibility index (Phi) is 6.76. The van der Waals surface area contributed by atoms with Gasteiger partial charge in [0.1, 0.15) is 0 Å². The molecule has 18 heavy (non-hydrogen) atoms. The summed E-state index contributed by atoms with van der Waals surface area (Å²) in [5.41, 5.74) is 8.47. The molecule has 1 unspecified atom stereocenters. The minimum atomic E-state index is 0.151. The van der Waals surface area contributed by atoms with Crippen LogP contribution in [0.1, 0.15) is 38.8 Å². The van der Waals surface area contributed by atoms with Gasteiger partial charge < -0.3 is 15.4 Å². The van der Waals surface area contributed by atoms with E-state index in [0.717, 1.165) is 32.7 Å². The number of nitrogens with zero attached hydrogens (tertiary/aromatic N) is 1. The van der Waals surface area contributed by atoms with Crippen LogP contribution in [0.3, 0.4) is 0 Å². The predicted octanol–water partition coefficient (Wildman–Crippen LogP) is 2.96. The number of likely N-dealkylation sites (N-methyl/N-ethyl adjacent to an activating group) is 1. The van der Waals surface area contributed by atoms with E-state index < -0.39 is 0 Å². The lowest BCUT2D eigenvalue weighted by Crippen LogP contribution is -2.27. The number of anilines is 1. The quantitative estimate of drug-likeness (QED) is 0.721. The van der Waals surface area contributed by atoms with E-state index in [2.05, 4.69) is 43.0 Å². The van der Waals surface area contributed by atoms with Gasteiger partial charge in [0.25, 0.3) is 0 Å². The average Bonchev–Trinajstić information content (AvgIpc) is 2.43. The molecule has 0 aliphatic heterocycles. The lowest BCUT2D eigenvalue weighted by atomic mass is 10.1. The van der Waals surface area contributed by atoms with Crippen LogP contribution in [0.2, 0.25) is 0 Å². The molecule has 102 valence electrons. The van der Waals surface area contributed by atoms with Crippen LogP contribution in [-0.4, -0.2) is 26.3 Å². The Morgan fingerprint density at radius 1 is 1.17 bits per heavy atom. The van der Waals surface area contributed by atoms with Crippen molar-refractivity contribution in [3.8, 4) is 0 Å². The zero-order chi connectivity index (χ0) is 13.4. The Morgan fingerprint density at radius 3 is 2.33 bits per heavy atom. The molecular formula is C15H26N2O. The summed E-state index contributed by atoms with van der Waals surface area (Å²) in [6, 6.07) is 8.72. The van der Waals surface area contributed by atoms with Crippen LogP contribution in [0.4, 0.5) is 5.69 Å². The maximum absolute atomic E-state index is 6.02. The molecule has 0 heterocycles. The van der Waals surface area contributed by atoms with Crippen molar-refractivity contribution in [3.05, 3.63) is 29.8 Å². The van der Waals surface area contributed by atoms with Gasteiger partial charge in [-0.2, -0.15) is 0 Å². The maximum atomic E-state index is 6.02. The van der Waals surface area contributed by atoms with Gasteiger partial charge in [-0.05, 0) is 38.0 Å². The van der Waals surface area contributed by atoms with E-state index in [0.29, 0.717) is 0 Å². The second-order valence-electron chi connectivity index (χ2n) is 4.38. The van der Waals surface area contributed by atoms with Gasteiger partial charge in [0.05, 0.1) is 6.61 Å². The number of hydrogen-bond acceptors (Lipinski definition) is 3. The molecule has 1 rings (SSSR count). The normalized spacial score (nSPS) is 12.4. The molecule has 1 atom stereocenters. The minimum absolute atomic E-state index is 0.151. The topological polar surface area (TPSA) is 38.5 Å². The van der Waals surface area contributed by atoms with Crippen LogP contribution in [-0.2, 0) is 4.74 Å². The smallest absolute Gasteiger partial charge is 0.0641 e. The van der Waals surface area contributed by atoms with Crippen LogP contribution < -0.4 is 10.6 Å². The highest BCUT2D eigenvalue weighted by Crippen LogP contribution is 2.19. The molecule has 0 aliphatic carbocycles. The van der Waals surface area contributed by atoms with Gasteiger partial charge in [0.15, 0.2) is 0 Å². The highest BCUT2D eigenvalue weighted by atomic mass is 16.5. The van der Waals surface area contributed by atoms with E-state index in [-0.39, 0.29) is 6.04 Å². The zero-order valence-electron chi connectivity index (χ0n) is 11.9. The zero-order valence-corrected chi connectivity index (χ0v) is 11.9. The van der Waals surface area contributed by atoms with Gasteiger partial charge in [-0.15, -0.1) is 0 Å². The third-order valence-electron chi connectivity index (χ3n) is 3.22. The van der Waals surface area contributed by atoms with Crippen LogP contribution in [0.5, 0.6) is 0 Å². The molecule has 0 radical (unpaired) electrons. The summed E-state index contributed by atoms with van der Waals surface area (Å²) in [5.74, 6) is 0. The Hall–Kier alpha value is -1.06. The minimum Gasteiger partial charge on any atom is -0.380 e. The summed E-state index contributed by atoms with van der Waals surface area (Å²) in [6.07, 6.45) is 0.973. The largest absolute Gasteiger partial charge is 0.380 e. The van der Waals surface area contributed by atoms with Crippen molar-refractivity contribution in [2.45, 2.75) is 33.2 Å². The van der Waals surface area contributed by atoms with E-state index in [1.54, 1.807) is 0 Å². The van der Waals surface area contributed by atoms with Gasteiger partial charge in [0, 0.05) is 31.4 Å². The van der Waals surface area contributed by atoms with Crippen molar-refractivity contribution in [3.63, 3.8) is 0 Å². The van der Waals surface area contributed by atoms with Crippen molar-refractivity contribution in [1.82, 2.24) is 0 Å². The molecule has 0 saturated heterocycles. The van der Waals surface area contributed by atoms with Crippen molar-refractivity contribution in [1.29, 1.82) is 0 Å². The van der Waals surface area contributed by atoms with E-state index >= 15 is 0 Å². The third-order valence-corrected chi connectivity index (χ3v) is 3.22. The van der Waals surface area contributed by atoms with E-state index in [9.17, 15) is 0 Å². The Labute approximate surface area is 111 Å².